The van der Waals surface area contributed by atoms with Gasteiger partial charge in [-0.15, -0.1) is 0 Å². The lowest BCUT2D eigenvalue weighted by Crippen LogP contribution is -2.68. The molecule has 3 aromatic carbocycles. The standard InChI is InChI=1S/C53H59F2N9O6/c1-3-36-39(54)8-5-31-20-35(65)21-38(44(31)36)40-22-41-45(46(55)56-40)47(63-14-4-11-51(2,69)26-63)59-50(57-41)70-30-52(12-13-52)27-60-28-53(29-60)23-34(24-53)62-17-15-61(16-18-62)33-6-7-37-32(19-33)25-64(49(37)68)42-9-10-43(66)58-48(42)67/h5-8,19-22,34,42,65,69H,3-4,9-18,23-30H2,1-2H3,(H,58,66,67)/t42-,51+/m0/s1. The number of amides is 3. The lowest BCUT2D eigenvalue weighted by molar-refractivity contribution is -0.136. The average molecular weight is 956 g/mol. The summed E-state index contributed by atoms with van der Waals surface area (Å²) in [4.78, 5) is 62.5. The fourth-order valence-corrected chi connectivity index (χ4v) is 12.7. The van der Waals surface area contributed by atoms with E-state index in [-0.39, 0.29) is 64.4 Å². The summed E-state index contributed by atoms with van der Waals surface area (Å²) in [6.45, 7) is 12.1. The van der Waals surface area contributed by atoms with E-state index in [4.69, 9.17) is 14.7 Å². The van der Waals surface area contributed by atoms with Crippen LogP contribution in [0.25, 0.3) is 32.9 Å². The molecule has 17 heteroatoms. The number of benzene rings is 3. The molecule has 0 radical (unpaired) electrons. The van der Waals surface area contributed by atoms with E-state index < -0.39 is 23.5 Å². The molecule has 2 aromatic heterocycles. The molecule has 6 fully saturated rings. The van der Waals surface area contributed by atoms with E-state index >= 15 is 8.78 Å². The van der Waals surface area contributed by atoms with Gasteiger partial charge in [-0.3, -0.25) is 24.6 Å². The Hall–Kier alpha value is -6.04. The molecule has 3 amide bonds. The first-order valence-electron chi connectivity index (χ1n) is 25.1. The minimum absolute atomic E-state index is 0.0296. The molecular weight excluding hydrogens is 897 g/mol. The van der Waals surface area contributed by atoms with Crippen molar-refractivity contribution in [1.29, 1.82) is 0 Å². The molecule has 1 spiro atoms. The quantitative estimate of drug-likeness (QED) is 0.105. The van der Waals surface area contributed by atoms with Crippen molar-refractivity contribution >= 4 is 50.9 Å². The average Bonchev–Trinajstić information content (AvgIpc) is 4.01. The third-order valence-electron chi connectivity index (χ3n) is 16.5. The number of phenolic OH excluding ortho intramolecular Hbond substituents is 1. The van der Waals surface area contributed by atoms with Gasteiger partial charge >= 0.3 is 6.01 Å². The summed E-state index contributed by atoms with van der Waals surface area (Å²) in [5, 5.41) is 25.5. The summed E-state index contributed by atoms with van der Waals surface area (Å²) in [5.41, 5.74) is 3.32. The highest BCUT2D eigenvalue weighted by atomic mass is 19.1. The van der Waals surface area contributed by atoms with Crippen LogP contribution in [-0.2, 0) is 22.6 Å². The van der Waals surface area contributed by atoms with Gasteiger partial charge in [-0.25, -0.2) is 9.37 Å². The smallest absolute Gasteiger partial charge is 0.318 e. The number of β-amino-alcohol motifs (C(OH)–C–C–N with tert-alkyl or cyclic N) is 1. The number of ether oxygens (including phenoxy) is 1. The van der Waals surface area contributed by atoms with Gasteiger partial charge in [0, 0.05) is 100 Å². The highest BCUT2D eigenvalue weighted by molar-refractivity contribution is 6.06. The van der Waals surface area contributed by atoms with Crippen molar-refractivity contribution in [1.82, 2.24) is 35.0 Å². The summed E-state index contributed by atoms with van der Waals surface area (Å²) < 4.78 is 38.2. The number of aromatic nitrogens is 3. The molecule has 5 aromatic rings. The van der Waals surface area contributed by atoms with E-state index in [2.05, 4.69) is 31.1 Å². The van der Waals surface area contributed by atoms with Crippen LogP contribution in [0.1, 0.15) is 86.7 Å². The van der Waals surface area contributed by atoms with Crippen LogP contribution < -0.4 is 19.9 Å². The fraction of sp³-hybridized carbons (Fsp3) is 0.509. The van der Waals surface area contributed by atoms with Crippen LogP contribution in [-0.4, -0.2) is 141 Å². The Labute approximate surface area is 404 Å². The molecule has 0 unspecified atom stereocenters. The first-order valence-corrected chi connectivity index (χ1v) is 25.1. The summed E-state index contributed by atoms with van der Waals surface area (Å²) in [7, 11) is 0. The van der Waals surface area contributed by atoms with E-state index in [0.29, 0.717) is 90.1 Å². The van der Waals surface area contributed by atoms with Gasteiger partial charge in [0.15, 0.2) is 0 Å². The Morgan fingerprint density at radius 2 is 1.67 bits per heavy atom. The third-order valence-corrected chi connectivity index (χ3v) is 16.5. The van der Waals surface area contributed by atoms with Crippen molar-refractivity contribution in [3.05, 3.63) is 77.0 Å². The number of aryl methyl sites for hydroxylation is 1. The van der Waals surface area contributed by atoms with Gasteiger partial charge in [-0.05, 0) is 128 Å². The molecule has 5 aliphatic heterocycles. The number of likely N-dealkylation sites (tertiary alicyclic amines) is 1. The highest BCUT2D eigenvalue weighted by Crippen LogP contribution is 2.54. The maximum Gasteiger partial charge on any atom is 0.318 e. The molecule has 2 atom stereocenters. The first-order chi connectivity index (χ1) is 33.6. The Bertz CT molecular complexity index is 2980. The molecule has 12 rings (SSSR count). The van der Waals surface area contributed by atoms with Crippen molar-refractivity contribution in [2.75, 3.05) is 75.3 Å². The maximum absolute atomic E-state index is 16.5. The number of nitrogens with zero attached hydrogens (tertiary/aromatic N) is 8. The number of nitrogens with one attached hydrogen (secondary N) is 1. The van der Waals surface area contributed by atoms with Crippen molar-refractivity contribution in [3.63, 3.8) is 0 Å². The number of piperazine rings is 1. The minimum atomic E-state index is -0.995. The number of imide groups is 1. The number of hydrogen-bond donors (Lipinski definition) is 3. The van der Waals surface area contributed by atoms with E-state index in [9.17, 15) is 24.6 Å². The number of hydrogen-bond acceptors (Lipinski definition) is 13. The Morgan fingerprint density at radius 3 is 2.41 bits per heavy atom. The molecule has 3 N–H and O–H groups in total. The summed E-state index contributed by atoms with van der Waals surface area (Å²) in [5.74, 6) is -1.74. The van der Waals surface area contributed by atoms with E-state index in [1.807, 2.05) is 24.0 Å². The van der Waals surface area contributed by atoms with Gasteiger partial charge in [-0.1, -0.05) is 13.0 Å². The van der Waals surface area contributed by atoms with Crippen LogP contribution in [0.5, 0.6) is 11.8 Å². The number of piperidine rings is 2. The first kappa shape index (κ1) is 45.1. The van der Waals surface area contributed by atoms with Crippen LogP contribution >= 0.6 is 0 Å². The summed E-state index contributed by atoms with van der Waals surface area (Å²) >= 11 is 0. The maximum atomic E-state index is 16.5. The molecule has 366 valence electrons. The molecule has 7 heterocycles. The number of halogens is 2. The Kier molecular flexibility index (Phi) is 10.8. The predicted molar refractivity (Wildman–Crippen MR) is 259 cm³/mol. The third kappa shape index (κ3) is 8.07. The highest BCUT2D eigenvalue weighted by Gasteiger charge is 2.56. The number of phenols is 1. The zero-order valence-electron chi connectivity index (χ0n) is 39.8. The van der Waals surface area contributed by atoms with Crippen molar-refractivity contribution < 1.29 is 38.1 Å². The molecular formula is C53H59F2N9O6. The topological polar surface area (TPSA) is 168 Å². The second-order valence-electron chi connectivity index (χ2n) is 21.8. The zero-order valence-corrected chi connectivity index (χ0v) is 39.8. The van der Waals surface area contributed by atoms with E-state index in [1.165, 1.54) is 25.0 Å². The monoisotopic (exact) mass is 955 g/mol. The van der Waals surface area contributed by atoms with Crippen LogP contribution in [0.4, 0.5) is 20.3 Å². The van der Waals surface area contributed by atoms with Gasteiger partial charge in [0.1, 0.15) is 23.4 Å². The van der Waals surface area contributed by atoms with Gasteiger partial charge in [-0.2, -0.15) is 14.4 Å². The lowest BCUT2D eigenvalue weighted by Gasteiger charge is -2.62. The molecule has 15 nitrogen and oxygen atoms in total. The van der Waals surface area contributed by atoms with E-state index in [1.54, 1.807) is 30.0 Å². The summed E-state index contributed by atoms with van der Waals surface area (Å²) in [6, 6.07) is 13.8. The molecule has 0 bridgehead atoms. The number of pyridine rings is 1. The number of aliphatic hydroxyl groups is 1. The Balaban J connectivity index is 0.684. The lowest BCUT2D eigenvalue weighted by atomic mass is 9.60. The SMILES string of the molecule is CCc1c(F)ccc2cc(O)cc(-c3cc4nc(OCC5(CN6CC7(CC(N8CCN(c9ccc%10c(c9)CN([C@H]9CCC(=O)NC9=O)C%10=O)CC8)C7)C6)CC5)nc(N5CCC[C@@](C)(O)C5)c4c(F)n3)c12. The van der Waals surface area contributed by atoms with Gasteiger partial charge in [0.2, 0.25) is 17.8 Å². The second-order valence-corrected chi connectivity index (χ2v) is 21.8. The minimum Gasteiger partial charge on any atom is -0.508 e. The van der Waals surface area contributed by atoms with Gasteiger partial charge < -0.3 is 34.5 Å². The van der Waals surface area contributed by atoms with Crippen LogP contribution in [0, 0.1) is 22.6 Å². The number of rotatable bonds is 11. The molecule has 2 saturated carbocycles. The second kappa shape index (κ2) is 16.8. The molecule has 4 saturated heterocycles. The number of anilines is 2. The normalized spacial score (nSPS) is 24.6. The van der Waals surface area contributed by atoms with Crippen molar-refractivity contribution in [2.45, 2.75) is 95.9 Å². The van der Waals surface area contributed by atoms with Crippen molar-refractivity contribution in [3.8, 4) is 23.0 Å². The fourth-order valence-electron chi connectivity index (χ4n) is 12.7. The van der Waals surface area contributed by atoms with Crippen molar-refractivity contribution in [2.24, 2.45) is 10.8 Å². The van der Waals surface area contributed by atoms with Crippen LogP contribution in [0.15, 0.2) is 48.5 Å². The predicted octanol–water partition coefficient (Wildman–Crippen LogP) is 5.95. The number of carbonyl (C=O) groups is 3. The summed E-state index contributed by atoms with van der Waals surface area (Å²) in [6.07, 6.45) is 6.73. The Morgan fingerprint density at radius 1 is 0.871 bits per heavy atom. The van der Waals surface area contributed by atoms with Gasteiger partial charge in [0.25, 0.3) is 5.91 Å². The largest absolute Gasteiger partial charge is 0.508 e. The number of aromatic hydroxyl groups is 1. The van der Waals surface area contributed by atoms with Crippen LogP contribution in [0.2, 0.25) is 0 Å². The van der Waals surface area contributed by atoms with Crippen LogP contribution in [0.3, 0.4) is 0 Å². The zero-order chi connectivity index (χ0) is 48.3. The number of carbonyl (C=O) groups excluding carboxylic acids is 3. The number of fused-ring (bicyclic) bond motifs is 3. The molecule has 7 aliphatic rings. The van der Waals surface area contributed by atoms with Gasteiger partial charge in [0.05, 0.1) is 28.8 Å². The molecule has 70 heavy (non-hydrogen) atoms. The molecule has 2 aliphatic carbocycles. The van der Waals surface area contributed by atoms with E-state index in [0.717, 1.165) is 69.9 Å².